The molecule has 1 aliphatic heterocycles. The highest BCUT2D eigenvalue weighted by Gasteiger charge is 2.28. The molecule has 0 radical (unpaired) electrons. The molecule has 0 saturated carbocycles. The maximum Gasteiger partial charge on any atom is 0.242 e. The summed E-state index contributed by atoms with van der Waals surface area (Å²) in [7, 11) is 0. The summed E-state index contributed by atoms with van der Waals surface area (Å²) in [6, 6.07) is -0.935. The maximum atomic E-state index is 11.5. The average Bonchev–Trinajstić information content (AvgIpc) is 2.50. The fraction of sp³-hybridized carbons (Fsp3) is 0.778. The van der Waals surface area contributed by atoms with Crippen LogP contribution >= 0.6 is 0 Å². The molecule has 0 aromatic rings. The van der Waals surface area contributed by atoms with Gasteiger partial charge < -0.3 is 16.4 Å². The predicted molar refractivity (Wildman–Crippen MR) is 52.4 cm³/mol. The lowest BCUT2D eigenvalue weighted by molar-refractivity contribution is -0.128. The summed E-state index contributed by atoms with van der Waals surface area (Å²) < 4.78 is 0. The van der Waals surface area contributed by atoms with Crippen LogP contribution in [0.5, 0.6) is 0 Å². The third-order valence-corrected chi connectivity index (χ3v) is 2.39. The SMILES string of the molecule is CC(C)[C@H](N)C(=O)NC1CCNC1=O. The topological polar surface area (TPSA) is 84.2 Å². The molecule has 0 bridgehead atoms. The van der Waals surface area contributed by atoms with E-state index in [1.54, 1.807) is 0 Å². The Hall–Kier alpha value is -1.10. The summed E-state index contributed by atoms with van der Waals surface area (Å²) in [6.45, 7) is 4.37. The molecule has 2 atom stereocenters. The van der Waals surface area contributed by atoms with Crippen molar-refractivity contribution in [3.8, 4) is 0 Å². The molecule has 1 heterocycles. The monoisotopic (exact) mass is 199 g/mol. The number of rotatable bonds is 3. The Balaban J connectivity index is 2.44. The van der Waals surface area contributed by atoms with Crippen LogP contribution in [0.3, 0.4) is 0 Å². The molecule has 1 fully saturated rings. The third kappa shape index (κ3) is 2.45. The Kier molecular flexibility index (Phi) is 3.46. The van der Waals surface area contributed by atoms with Crippen molar-refractivity contribution in [3.05, 3.63) is 0 Å². The van der Waals surface area contributed by atoms with Crippen molar-refractivity contribution in [2.45, 2.75) is 32.4 Å². The largest absolute Gasteiger partial charge is 0.354 e. The first-order valence-electron chi connectivity index (χ1n) is 4.86. The van der Waals surface area contributed by atoms with E-state index in [2.05, 4.69) is 10.6 Å². The molecule has 1 aliphatic rings. The van der Waals surface area contributed by atoms with Crippen LogP contribution in [0, 0.1) is 5.92 Å². The number of nitrogens with one attached hydrogen (secondary N) is 2. The van der Waals surface area contributed by atoms with Gasteiger partial charge in [0.15, 0.2) is 0 Å². The van der Waals surface area contributed by atoms with E-state index in [0.29, 0.717) is 13.0 Å². The number of amides is 2. The fourth-order valence-electron chi connectivity index (χ4n) is 1.30. The average molecular weight is 199 g/mol. The minimum Gasteiger partial charge on any atom is -0.354 e. The quantitative estimate of drug-likeness (QED) is 0.543. The van der Waals surface area contributed by atoms with Gasteiger partial charge in [-0.1, -0.05) is 13.8 Å². The third-order valence-electron chi connectivity index (χ3n) is 2.39. The van der Waals surface area contributed by atoms with E-state index < -0.39 is 12.1 Å². The lowest BCUT2D eigenvalue weighted by atomic mass is 10.0. The van der Waals surface area contributed by atoms with Gasteiger partial charge in [-0.2, -0.15) is 0 Å². The summed E-state index contributed by atoms with van der Waals surface area (Å²) in [5.74, 6) is -0.282. The van der Waals surface area contributed by atoms with E-state index in [1.165, 1.54) is 0 Å². The van der Waals surface area contributed by atoms with E-state index in [1.807, 2.05) is 13.8 Å². The zero-order chi connectivity index (χ0) is 10.7. The summed E-state index contributed by atoms with van der Waals surface area (Å²) >= 11 is 0. The Morgan fingerprint density at radius 1 is 1.64 bits per heavy atom. The zero-order valence-corrected chi connectivity index (χ0v) is 8.54. The predicted octanol–water partition coefficient (Wildman–Crippen LogP) is -1.03. The normalized spacial score (nSPS) is 23.4. The number of carbonyl (C=O) groups is 2. The minimum absolute atomic E-state index is 0.0828. The number of nitrogens with two attached hydrogens (primary N) is 1. The second-order valence-corrected chi connectivity index (χ2v) is 3.91. The van der Waals surface area contributed by atoms with E-state index in [9.17, 15) is 9.59 Å². The molecule has 14 heavy (non-hydrogen) atoms. The van der Waals surface area contributed by atoms with E-state index in [0.717, 1.165) is 0 Å². The van der Waals surface area contributed by atoms with Gasteiger partial charge in [0.05, 0.1) is 6.04 Å². The van der Waals surface area contributed by atoms with E-state index in [4.69, 9.17) is 5.73 Å². The Labute approximate surface area is 83.4 Å². The van der Waals surface area contributed by atoms with Crippen LogP contribution in [0.4, 0.5) is 0 Å². The van der Waals surface area contributed by atoms with Crippen LogP contribution in [0.1, 0.15) is 20.3 Å². The molecule has 80 valence electrons. The highest BCUT2D eigenvalue weighted by atomic mass is 16.2. The van der Waals surface area contributed by atoms with Crippen LogP contribution in [-0.4, -0.2) is 30.4 Å². The summed E-state index contributed by atoms with van der Waals surface area (Å²) in [5.41, 5.74) is 5.64. The van der Waals surface area contributed by atoms with Gasteiger partial charge in [0.25, 0.3) is 0 Å². The molecule has 2 amide bonds. The van der Waals surface area contributed by atoms with Gasteiger partial charge in [0, 0.05) is 6.54 Å². The van der Waals surface area contributed by atoms with Crippen molar-refractivity contribution in [2.75, 3.05) is 6.54 Å². The Bertz CT molecular complexity index is 240. The standard InChI is InChI=1S/C9H17N3O2/c1-5(2)7(10)9(14)12-6-3-4-11-8(6)13/h5-7H,3-4,10H2,1-2H3,(H,11,13)(H,12,14)/t6?,7-/m0/s1. The molecule has 0 aromatic heterocycles. The minimum atomic E-state index is -0.539. The lowest BCUT2D eigenvalue weighted by Crippen LogP contribution is -2.49. The van der Waals surface area contributed by atoms with Crippen LogP contribution in [0.2, 0.25) is 0 Å². The lowest BCUT2D eigenvalue weighted by Gasteiger charge is -2.17. The molecular formula is C9H17N3O2. The summed E-state index contributed by atoms with van der Waals surface area (Å²) in [4.78, 5) is 22.6. The maximum absolute atomic E-state index is 11.5. The van der Waals surface area contributed by atoms with Crippen LogP contribution in [-0.2, 0) is 9.59 Å². The highest BCUT2D eigenvalue weighted by molar-refractivity contribution is 5.90. The summed E-state index contributed by atoms with van der Waals surface area (Å²) in [5, 5.41) is 5.28. The highest BCUT2D eigenvalue weighted by Crippen LogP contribution is 2.02. The Morgan fingerprint density at radius 3 is 2.71 bits per heavy atom. The molecule has 1 saturated heterocycles. The molecule has 0 spiro atoms. The smallest absolute Gasteiger partial charge is 0.242 e. The van der Waals surface area contributed by atoms with Crippen molar-refractivity contribution in [1.29, 1.82) is 0 Å². The number of hydrogen-bond donors (Lipinski definition) is 3. The molecule has 1 unspecified atom stereocenters. The summed E-state index contributed by atoms with van der Waals surface area (Å²) in [6.07, 6.45) is 0.648. The first-order chi connectivity index (χ1) is 6.52. The first-order valence-corrected chi connectivity index (χ1v) is 4.86. The van der Waals surface area contributed by atoms with Gasteiger partial charge in [-0.15, -0.1) is 0 Å². The van der Waals surface area contributed by atoms with Crippen molar-refractivity contribution in [1.82, 2.24) is 10.6 Å². The van der Waals surface area contributed by atoms with Crippen molar-refractivity contribution in [3.63, 3.8) is 0 Å². The molecular weight excluding hydrogens is 182 g/mol. The van der Waals surface area contributed by atoms with Gasteiger partial charge in [0.2, 0.25) is 11.8 Å². The van der Waals surface area contributed by atoms with Crippen molar-refractivity contribution < 1.29 is 9.59 Å². The fourth-order valence-corrected chi connectivity index (χ4v) is 1.30. The molecule has 1 rings (SSSR count). The van der Waals surface area contributed by atoms with Crippen LogP contribution in [0.15, 0.2) is 0 Å². The molecule has 0 aliphatic carbocycles. The van der Waals surface area contributed by atoms with Crippen LogP contribution < -0.4 is 16.4 Å². The van der Waals surface area contributed by atoms with Gasteiger partial charge in [-0.25, -0.2) is 0 Å². The second-order valence-electron chi connectivity index (χ2n) is 3.91. The van der Waals surface area contributed by atoms with E-state index in [-0.39, 0.29) is 17.7 Å². The van der Waals surface area contributed by atoms with Crippen LogP contribution in [0.25, 0.3) is 0 Å². The van der Waals surface area contributed by atoms with Gasteiger partial charge in [0.1, 0.15) is 6.04 Å². The zero-order valence-electron chi connectivity index (χ0n) is 8.54. The Morgan fingerprint density at radius 2 is 2.29 bits per heavy atom. The second kappa shape index (κ2) is 4.41. The van der Waals surface area contributed by atoms with E-state index >= 15 is 0 Å². The number of carbonyl (C=O) groups excluding carboxylic acids is 2. The first kappa shape index (κ1) is 11.0. The van der Waals surface area contributed by atoms with Crippen molar-refractivity contribution in [2.24, 2.45) is 11.7 Å². The van der Waals surface area contributed by atoms with Gasteiger partial charge in [-0.05, 0) is 12.3 Å². The van der Waals surface area contributed by atoms with Gasteiger partial charge in [-0.3, -0.25) is 9.59 Å². The number of hydrogen-bond acceptors (Lipinski definition) is 3. The van der Waals surface area contributed by atoms with Gasteiger partial charge >= 0.3 is 0 Å². The molecule has 5 nitrogen and oxygen atoms in total. The molecule has 5 heteroatoms. The van der Waals surface area contributed by atoms with Crippen molar-refractivity contribution >= 4 is 11.8 Å². The molecule has 4 N–H and O–H groups in total. The molecule has 0 aromatic carbocycles.